The van der Waals surface area contributed by atoms with Crippen LogP contribution in [-0.4, -0.2) is 34.9 Å². The number of carboxylic acid groups (broad SMARTS) is 1. The van der Waals surface area contributed by atoms with Gasteiger partial charge in [-0.2, -0.15) is 0 Å². The highest BCUT2D eigenvalue weighted by molar-refractivity contribution is 8.00. The van der Waals surface area contributed by atoms with Crippen LogP contribution in [0.4, 0.5) is 11.4 Å². The van der Waals surface area contributed by atoms with Gasteiger partial charge in [0.05, 0.1) is 17.1 Å². The number of amides is 2. The summed E-state index contributed by atoms with van der Waals surface area (Å²) in [5, 5.41) is 14.7. The van der Waals surface area contributed by atoms with E-state index in [1.807, 2.05) is 12.1 Å². The summed E-state index contributed by atoms with van der Waals surface area (Å²) in [6, 6.07) is 12.4. The molecule has 0 bridgehead atoms. The number of carbonyl (C=O) groups is 3. The number of ether oxygens (including phenoxy) is 2. The standard InChI is InChI=1S/C24H24N2O6S/c1-14(22(27)25-16-9-10-20-21(12-16)32-13-31-20)33-17-6-4-5-15(11-17)26-23(28)18-7-2-3-8-19(18)24(29)30/h2-6,9-12,14,18-19H,7-8,13H2,1H3,(H,25,27)(H,26,28)(H,29,30). The fourth-order valence-corrected chi connectivity index (χ4v) is 4.66. The molecule has 2 aromatic rings. The van der Waals surface area contributed by atoms with E-state index in [9.17, 15) is 19.5 Å². The minimum atomic E-state index is -0.967. The summed E-state index contributed by atoms with van der Waals surface area (Å²) < 4.78 is 10.6. The summed E-state index contributed by atoms with van der Waals surface area (Å²) in [5.74, 6) is -1.56. The van der Waals surface area contributed by atoms with Gasteiger partial charge in [-0.15, -0.1) is 11.8 Å². The van der Waals surface area contributed by atoms with E-state index < -0.39 is 23.1 Å². The third-order valence-corrected chi connectivity index (χ3v) is 6.60. The minimum absolute atomic E-state index is 0.167. The van der Waals surface area contributed by atoms with Crippen LogP contribution in [0, 0.1) is 11.8 Å². The molecule has 9 heteroatoms. The molecule has 2 aromatic carbocycles. The maximum absolute atomic E-state index is 12.7. The van der Waals surface area contributed by atoms with Crippen molar-refractivity contribution in [1.29, 1.82) is 0 Å². The predicted molar refractivity (Wildman–Crippen MR) is 125 cm³/mol. The van der Waals surface area contributed by atoms with Crippen LogP contribution in [0.3, 0.4) is 0 Å². The van der Waals surface area contributed by atoms with Crippen LogP contribution < -0.4 is 20.1 Å². The zero-order valence-electron chi connectivity index (χ0n) is 17.9. The van der Waals surface area contributed by atoms with Gasteiger partial charge in [-0.05, 0) is 50.1 Å². The highest BCUT2D eigenvalue weighted by Gasteiger charge is 2.34. The molecule has 1 aliphatic heterocycles. The normalized spacial score (nSPS) is 19.5. The molecule has 3 atom stereocenters. The number of carbonyl (C=O) groups excluding carboxylic acids is 2. The Morgan fingerprint density at radius 1 is 0.970 bits per heavy atom. The van der Waals surface area contributed by atoms with Crippen molar-refractivity contribution in [2.45, 2.75) is 29.9 Å². The molecule has 0 saturated carbocycles. The van der Waals surface area contributed by atoms with Gasteiger partial charge in [-0.3, -0.25) is 14.4 Å². The van der Waals surface area contributed by atoms with E-state index in [0.717, 1.165) is 4.90 Å². The van der Waals surface area contributed by atoms with Crippen molar-refractivity contribution in [3.63, 3.8) is 0 Å². The van der Waals surface area contributed by atoms with Crippen LogP contribution in [0.25, 0.3) is 0 Å². The van der Waals surface area contributed by atoms with Gasteiger partial charge in [0, 0.05) is 22.3 Å². The van der Waals surface area contributed by atoms with Crippen LogP contribution in [0.2, 0.25) is 0 Å². The number of hydrogen-bond donors (Lipinski definition) is 3. The maximum atomic E-state index is 12.7. The van der Waals surface area contributed by atoms with Gasteiger partial charge in [0.1, 0.15) is 0 Å². The zero-order chi connectivity index (χ0) is 23.4. The molecule has 2 aliphatic rings. The zero-order valence-corrected chi connectivity index (χ0v) is 18.8. The van der Waals surface area contributed by atoms with E-state index in [2.05, 4.69) is 10.6 Å². The Kier molecular flexibility index (Phi) is 6.88. The van der Waals surface area contributed by atoms with E-state index in [0.29, 0.717) is 35.7 Å². The monoisotopic (exact) mass is 468 g/mol. The average Bonchev–Trinajstić information content (AvgIpc) is 3.27. The van der Waals surface area contributed by atoms with E-state index >= 15 is 0 Å². The average molecular weight is 469 g/mol. The van der Waals surface area contributed by atoms with Gasteiger partial charge in [-0.25, -0.2) is 0 Å². The van der Waals surface area contributed by atoms with Crippen molar-refractivity contribution in [2.75, 3.05) is 17.4 Å². The molecule has 8 nitrogen and oxygen atoms in total. The van der Waals surface area contributed by atoms with Crippen molar-refractivity contribution in [3.8, 4) is 11.5 Å². The van der Waals surface area contributed by atoms with Crippen LogP contribution in [-0.2, 0) is 14.4 Å². The Hall–Kier alpha value is -3.46. The summed E-state index contributed by atoms with van der Waals surface area (Å²) >= 11 is 1.35. The van der Waals surface area contributed by atoms with Gasteiger partial charge in [-0.1, -0.05) is 18.2 Å². The third kappa shape index (κ3) is 5.48. The fraction of sp³-hybridized carbons (Fsp3) is 0.292. The Labute approximate surface area is 195 Å². The second-order valence-electron chi connectivity index (χ2n) is 7.83. The van der Waals surface area contributed by atoms with Crippen molar-refractivity contribution >= 4 is 40.9 Å². The molecule has 0 spiro atoms. The Morgan fingerprint density at radius 2 is 1.70 bits per heavy atom. The number of hydrogen-bond acceptors (Lipinski definition) is 6. The van der Waals surface area contributed by atoms with Gasteiger partial charge in [0.25, 0.3) is 0 Å². The van der Waals surface area contributed by atoms with Crippen LogP contribution in [0.1, 0.15) is 19.8 Å². The maximum Gasteiger partial charge on any atom is 0.307 e. The first kappa shape index (κ1) is 22.7. The number of allylic oxidation sites excluding steroid dienone is 2. The summed E-state index contributed by atoms with van der Waals surface area (Å²) in [7, 11) is 0. The number of nitrogens with one attached hydrogen (secondary N) is 2. The Morgan fingerprint density at radius 3 is 2.48 bits per heavy atom. The summed E-state index contributed by atoms with van der Waals surface area (Å²) in [6.45, 7) is 1.96. The second-order valence-corrected chi connectivity index (χ2v) is 9.24. The molecule has 33 heavy (non-hydrogen) atoms. The van der Waals surface area contributed by atoms with Gasteiger partial charge < -0.3 is 25.2 Å². The van der Waals surface area contributed by atoms with E-state index in [4.69, 9.17) is 9.47 Å². The topological polar surface area (TPSA) is 114 Å². The quantitative estimate of drug-likeness (QED) is 0.413. The van der Waals surface area contributed by atoms with Crippen molar-refractivity contribution in [3.05, 3.63) is 54.6 Å². The molecular formula is C24H24N2O6S. The molecule has 0 fully saturated rings. The molecule has 1 aliphatic carbocycles. The van der Waals surface area contributed by atoms with Gasteiger partial charge in [0.15, 0.2) is 11.5 Å². The Bertz CT molecular complexity index is 1100. The number of aliphatic carboxylic acids is 1. The lowest BCUT2D eigenvalue weighted by Crippen LogP contribution is -2.34. The number of rotatable bonds is 7. The van der Waals surface area contributed by atoms with Crippen LogP contribution >= 0.6 is 11.8 Å². The first-order valence-corrected chi connectivity index (χ1v) is 11.4. The number of fused-ring (bicyclic) bond motifs is 1. The molecule has 3 unspecified atom stereocenters. The van der Waals surface area contributed by atoms with E-state index in [-0.39, 0.29) is 18.6 Å². The van der Waals surface area contributed by atoms with Gasteiger partial charge >= 0.3 is 5.97 Å². The smallest absolute Gasteiger partial charge is 0.307 e. The lowest BCUT2D eigenvalue weighted by Gasteiger charge is -2.24. The molecule has 172 valence electrons. The molecule has 1 heterocycles. The van der Waals surface area contributed by atoms with Crippen LogP contribution in [0.15, 0.2) is 59.5 Å². The molecule has 0 saturated heterocycles. The van der Waals surface area contributed by atoms with E-state index in [1.54, 1.807) is 49.4 Å². The largest absolute Gasteiger partial charge is 0.481 e. The number of anilines is 2. The molecule has 0 aromatic heterocycles. The molecule has 0 radical (unpaired) electrons. The molecule has 4 rings (SSSR count). The molecular weight excluding hydrogens is 444 g/mol. The third-order valence-electron chi connectivity index (χ3n) is 5.51. The lowest BCUT2D eigenvalue weighted by atomic mass is 9.82. The second kappa shape index (κ2) is 9.99. The molecule has 3 N–H and O–H groups in total. The number of thioether (sulfide) groups is 1. The van der Waals surface area contributed by atoms with E-state index in [1.165, 1.54) is 11.8 Å². The first-order chi connectivity index (χ1) is 15.9. The minimum Gasteiger partial charge on any atom is -0.481 e. The molecule has 2 amide bonds. The van der Waals surface area contributed by atoms with Crippen molar-refractivity contribution in [1.82, 2.24) is 0 Å². The summed E-state index contributed by atoms with van der Waals surface area (Å²) in [6.07, 6.45) is 4.39. The van der Waals surface area contributed by atoms with Gasteiger partial charge in [0.2, 0.25) is 18.6 Å². The summed E-state index contributed by atoms with van der Waals surface area (Å²) in [4.78, 5) is 37.6. The SMILES string of the molecule is CC(Sc1cccc(NC(=O)C2CC=CCC2C(=O)O)c1)C(=O)Nc1ccc2c(c1)OCO2. The highest BCUT2D eigenvalue weighted by atomic mass is 32.2. The fourth-order valence-electron chi connectivity index (χ4n) is 3.73. The van der Waals surface area contributed by atoms with Crippen LogP contribution in [0.5, 0.6) is 11.5 Å². The Balaban J connectivity index is 1.36. The number of carboxylic acids is 1. The highest BCUT2D eigenvalue weighted by Crippen LogP contribution is 2.35. The first-order valence-electron chi connectivity index (χ1n) is 10.6. The van der Waals surface area contributed by atoms with Crippen molar-refractivity contribution in [2.24, 2.45) is 11.8 Å². The summed E-state index contributed by atoms with van der Waals surface area (Å²) in [5.41, 5.74) is 1.18. The number of benzene rings is 2. The lowest BCUT2D eigenvalue weighted by molar-refractivity contribution is -0.146. The predicted octanol–water partition coefficient (Wildman–Crippen LogP) is 4.14. The van der Waals surface area contributed by atoms with Crippen molar-refractivity contribution < 1.29 is 29.0 Å².